The first-order chi connectivity index (χ1) is 7.50. The maximum atomic E-state index is 11.7. The van der Waals surface area contributed by atoms with Crippen LogP contribution in [0.2, 0.25) is 0 Å². The van der Waals surface area contributed by atoms with E-state index in [4.69, 9.17) is 5.11 Å². The molecule has 2 rings (SSSR count). The molecular weight excluding hydrogens is 206 g/mol. The van der Waals surface area contributed by atoms with Crippen molar-refractivity contribution in [1.29, 1.82) is 0 Å². The van der Waals surface area contributed by atoms with Crippen molar-refractivity contribution in [3.05, 3.63) is 28.8 Å². The molecule has 2 N–H and O–H groups in total. The number of hydrogen-bond acceptors (Lipinski definition) is 2. The van der Waals surface area contributed by atoms with Crippen LogP contribution in [-0.4, -0.2) is 17.0 Å². The smallest absolute Gasteiger partial charge is 0.304 e. The van der Waals surface area contributed by atoms with Crippen LogP contribution in [0.4, 0.5) is 5.69 Å². The molecule has 1 aliphatic rings. The number of aryl methyl sites for hydroxylation is 1. The fourth-order valence-electron chi connectivity index (χ4n) is 2.02. The van der Waals surface area contributed by atoms with Crippen molar-refractivity contribution in [1.82, 2.24) is 0 Å². The maximum absolute atomic E-state index is 11.7. The van der Waals surface area contributed by atoms with Crippen molar-refractivity contribution >= 4 is 17.6 Å². The first kappa shape index (κ1) is 10.7. The summed E-state index contributed by atoms with van der Waals surface area (Å²) in [5, 5.41) is 11.5. The lowest BCUT2D eigenvalue weighted by molar-refractivity contribution is -0.138. The van der Waals surface area contributed by atoms with Crippen LogP contribution in [0.15, 0.2) is 12.1 Å². The lowest BCUT2D eigenvalue weighted by Gasteiger charge is -2.08. The lowest BCUT2D eigenvalue weighted by atomic mass is 9.94. The number of benzene rings is 1. The molecule has 0 bridgehead atoms. The fraction of sp³-hybridized carbons (Fsp3) is 0.333. The number of fused-ring (bicyclic) bond motifs is 1. The van der Waals surface area contributed by atoms with Crippen molar-refractivity contribution in [3.8, 4) is 0 Å². The Hall–Kier alpha value is -1.84. The zero-order valence-corrected chi connectivity index (χ0v) is 9.20. The average Bonchev–Trinajstić information content (AvgIpc) is 2.51. The van der Waals surface area contributed by atoms with Crippen molar-refractivity contribution in [2.45, 2.75) is 26.2 Å². The van der Waals surface area contributed by atoms with Crippen LogP contribution >= 0.6 is 0 Å². The standard InChI is InChI=1S/C12H13NO3/c1-6-3-4-8-9(5-10(14)15)12(16)13-11(8)7(6)2/h3-4,9H,5H2,1-2H3,(H,13,16)(H,14,15)/t9-/m1/s1. The second-order valence-corrected chi connectivity index (χ2v) is 4.11. The van der Waals surface area contributed by atoms with E-state index >= 15 is 0 Å². The number of hydrogen-bond donors (Lipinski definition) is 2. The van der Waals surface area contributed by atoms with Gasteiger partial charge in [0.05, 0.1) is 12.3 Å². The summed E-state index contributed by atoms with van der Waals surface area (Å²) in [6, 6.07) is 3.76. The first-order valence-corrected chi connectivity index (χ1v) is 5.13. The number of rotatable bonds is 2. The Kier molecular flexibility index (Phi) is 2.42. The van der Waals surface area contributed by atoms with Gasteiger partial charge in [0.2, 0.25) is 5.91 Å². The summed E-state index contributed by atoms with van der Waals surface area (Å²) in [4.78, 5) is 22.3. The van der Waals surface area contributed by atoms with Crippen molar-refractivity contribution in [3.63, 3.8) is 0 Å². The van der Waals surface area contributed by atoms with E-state index in [1.165, 1.54) is 0 Å². The van der Waals surface area contributed by atoms with E-state index in [1.807, 2.05) is 26.0 Å². The van der Waals surface area contributed by atoms with E-state index in [2.05, 4.69) is 5.32 Å². The molecule has 0 saturated heterocycles. The number of amides is 1. The molecule has 0 aliphatic carbocycles. The van der Waals surface area contributed by atoms with Gasteiger partial charge in [0.1, 0.15) is 0 Å². The van der Waals surface area contributed by atoms with E-state index in [-0.39, 0.29) is 12.3 Å². The van der Waals surface area contributed by atoms with Crippen LogP contribution in [0.5, 0.6) is 0 Å². The summed E-state index contributed by atoms with van der Waals surface area (Å²) in [5.74, 6) is -1.72. The topological polar surface area (TPSA) is 66.4 Å². The van der Waals surface area contributed by atoms with E-state index in [1.54, 1.807) is 0 Å². The molecule has 16 heavy (non-hydrogen) atoms. The fourth-order valence-corrected chi connectivity index (χ4v) is 2.02. The van der Waals surface area contributed by atoms with Gasteiger partial charge in [-0.3, -0.25) is 9.59 Å². The molecule has 0 fully saturated rings. The molecule has 0 aromatic heterocycles. The van der Waals surface area contributed by atoms with Gasteiger partial charge in [0, 0.05) is 5.69 Å². The van der Waals surface area contributed by atoms with Gasteiger partial charge in [-0.1, -0.05) is 12.1 Å². The molecule has 4 nitrogen and oxygen atoms in total. The second kappa shape index (κ2) is 3.63. The largest absolute Gasteiger partial charge is 0.481 e. The normalized spacial score (nSPS) is 18.1. The van der Waals surface area contributed by atoms with E-state index in [0.717, 1.165) is 22.4 Å². The summed E-state index contributed by atoms with van der Waals surface area (Å²) in [6.07, 6.45) is -0.151. The summed E-state index contributed by atoms with van der Waals surface area (Å²) in [7, 11) is 0. The highest BCUT2D eigenvalue weighted by Crippen LogP contribution is 2.37. The molecule has 4 heteroatoms. The zero-order chi connectivity index (χ0) is 11.9. The number of carbonyl (C=O) groups is 2. The number of anilines is 1. The van der Waals surface area contributed by atoms with Gasteiger partial charge in [-0.15, -0.1) is 0 Å². The first-order valence-electron chi connectivity index (χ1n) is 5.13. The number of carboxylic acids is 1. The van der Waals surface area contributed by atoms with Gasteiger partial charge in [0.15, 0.2) is 0 Å². The van der Waals surface area contributed by atoms with Crippen molar-refractivity contribution in [2.75, 3.05) is 5.32 Å². The monoisotopic (exact) mass is 219 g/mol. The predicted molar refractivity (Wildman–Crippen MR) is 59.5 cm³/mol. The molecular formula is C12H13NO3. The third kappa shape index (κ3) is 1.56. The highest BCUT2D eigenvalue weighted by atomic mass is 16.4. The van der Waals surface area contributed by atoms with Crippen LogP contribution < -0.4 is 5.32 Å². The molecule has 0 spiro atoms. The Morgan fingerprint density at radius 1 is 1.44 bits per heavy atom. The lowest BCUT2D eigenvalue weighted by Crippen LogP contribution is -2.15. The molecule has 0 saturated carbocycles. The van der Waals surface area contributed by atoms with Gasteiger partial charge in [0.25, 0.3) is 0 Å². The van der Waals surface area contributed by atoms with E-state index < -0.39 is 11.9 Å². The maximum Gasteiger partial charge on any atom is 0.304 e. The Morgan fingerprint density at radius 3 is 2.75 bits per heavy atom. The van der Waals surface area contributed by atoms with Crippen molar-refractivity contribution < 1.29 is 14.7 Å². The predicted octanol–water partition coefficient (Wildman–Crippen LogP) is 1.81. The molecule has 1 heterocycles. The summed E-state index contributed by atoms with van der Waals surface area (Å²) in [5.41, 5.74) is 3.69. The minimum Gasteiger partial charge on any atom is -0.481 e. The van der Waals surface area contributed by atoms with Gasteiger partial charge >= 0.3 is 5.97 Å². The third-order valence-corrected chi connectivity index (χ3v) is 3.09. The summed E-state index contributed by atoms with van der Waals surface area (Å²) >= 11 is 0. The minimum atomic E-state index is -0.953. The molecule has 0 radical (unpaired) electrons. The molecule has 84 valence electrons. The number of aliphatic carboxylic acids is 1. The summed E-state index contributed by atoms with van der Waals surface area (Å²) in [6.45, 7) is 3.89. The van der Waals surface area contributed by atoms with Crippen LogP contribution in [0.25, 0.3) is 0 Å². The highest BCUT2D eigenvalue weighted by Gasteiger charge is 2.33. The zero-order valence-electron chi connectivity index (χ0n) is 9.20. The molecule has 1 aliphatic heterocycles. The Morgan fingerprint density at radius 2 is 2.12 bits per heavy atom. The van der Waals surface area contributed by atoms with Crippen LogP contribution in [-0.2, 0) is 9.59 Å². The Bertz CT molecular complexity index is 479. The van der Waals surface area contributed by atoms with E-state index in [0.29, 0.717) is 0 Å². The minimum absolute atomic E-state index is 0.151. The molecule has 1 aromatic carbocycles. The molecule has 0 unspecified atom stereocenters. The average molecular weight is 219 g/mol. The van der Waals surface area contributed by atoms with Gasteiger partial charge < -0.3 is 10.4 Å². The second-order valence-electron chi connectivity index (χ2n) is 4.11. The van der Waals surface area contributed by atoms with Gasteiger partial charge in [-0.05, 0) is 30.5 Å². The Labute approximate surface area is 93.3 Å². The number of nitrogens with one attached hydrogen (secondary N) is 1. The molecule has 1 aromatic rings. The van der Waals surface area contributed by atoms with Gasteiger partial charge in [-0.2, -0.15) is 0 Å². The molecule has 1 amide bonds. The number of carbonyl (C=O) groups excluding carboxylic acids is 1. The third-order valence-electron chi connectivity index (χ3n) is 3.09. The van der Waals surface area contributed by atoms with Crippen LogP contribution in [0.3, 0.4) is 0 Å². The van der Waals surface area contributed by atoms with Crippen LogP contribution in [0, 0.1) is 13.8 Å². The number of carboxylic acid groups (broad SMARTS) is 1. The van der Waals surface area contributed by atoms with Crippen LogP contribution in [0.1, 0.15) is 29.0 Å². The quantitative estimate of drug-likeness (QED) is 0.797. The SMILES string of the molecule is Cc1ccc2c(c1C)NC(=O)[C@@H]2CC(=O)O. The van der Waals surface area contributed by atoms with Gasteiger partial charge in [-0.25, -0.2) is 0 Å². The molecule has 1 atom stereocenters. The Balaban J connectivity index is 2.46. The highest BCUT2D eigenvalue weighted by molar-refractivity contribution is 6.05. The van der Waals surface area contributed by atoms with E-state index in [9.17, 15) is 9.59 Å². The van der Waals surface area contributed by atoms with Crippen molar-refractivity contribution in [2.24, 2.45) is 0 Å². The summed E-state index contributed by atoms with van der Waals surface area (Å²) < 4.78 is 0.